The van der Waals surface area contributed by atoms with Crippen LogP contribution in [0.2, 0.25) is 0 Å². The van der Waals surface area contributed by atoms with E-state index in [1.165, 1.54) is 44.9 Å². The molecule has 0 bridgehead atoms. The topological polar surface area (TPSA) is 12.5 Å². The van der Waals surface area contributed by atoms with Gasteiger partial charge in [-0.3, -0.25) is 0 Å². The van der Waals surface area contributed by atoms with E-state index >= 15 is 0 Å². The average Bonchev–Trinajstić information content (AvgIpc) is 3.38. The van der Waals surface area contributed by atoms with Crippen molar-refractivity contribution in [3.8, 4) is 16.9 Å². The molecule has 0 N–H and O–H groups in total. The molecular weight excluding hydrogens is 462 g/mol. The van der Waals surface area contributed by atoms with E-state index in [4.69, 9.17) is 4.74 Å². The number of allylic oxidation sites excluding steroid dienone is 5. The first-order chi connectivity index (χ1) is 18.8. The van der Waals surface area contributed by atoms with E-state index < -0.39 is 0 Å². The summed E-state index contributed by atoms with van der Waals surface area (Å²) >= 11 is 0. The van der Waals surface area contributed by atoms with Gasteiger partial charge in [0, 0.05) is 34.1 Å². The smallest absolute Gasteiger partial charge is 0.134 e. The number of rotatable bonds is 5. The van der Waals surface area contributed by atoms with E-state index in [0.29, 0.717) is 0 Å². The highest BCUT2D eigenvalue weighted by Crippen LogP contribution is 2.46. The second kappa shape index (κ2) is 9.72. The van der Waals surface area contributed by atoms with Crippen molar-refractivity contribution < 1.29 is 4.74 Å². The zero-order valence-electron chi connectivity index (χ0n) is 21.2. The minimum Gasteiger partial charge on any atom is -0.484 e. The largest absolute Gasteiger partial charge is 0.484 e. The fourth-order valence-electron chi connectivity index (χ4n) is 5.91. The molecule has 0 saturated carbocycles. The van der Waals surface area contributed by atoms with Gasteiger partial charge in [-0.05, 0) is 60.4 Å². The van der Waals surface area contributed by atoms with E-state index in [9.17, 15) is 0 Å². The number of ether oxygens (including phenoxy) is 1. The predicted octanol–water partition coefficient (Wildman–Crippen LogP) is 9.13. The van der Waals surface area contributed by atoms with Gasteiger partial charge >= 0.3 is 0 Å². The minimum atomic E-state index is 0.0642. The Kier molecular flexibility index (Phi) is 5.79. The van der Waals surface area contributed by atoms with Gasteiger partial charge in [0.05, 0.1) is 0 Å². The summed E-state index contributed by atoms with van der Waals surface area (Å²) in [6.45, 7) is 0. The van der Waals surface area contributed by atoms with Gasteiger partial charge in [-0.2, -0.15) is 0 Å². The van der Waals surface area contributed by atoms with Crippen LogP contribution in [0.4, 0.5) is 11.4 Å². The number of benzene rings is 4. The normalized spacial score (nSPS) is 19.4. The zero-order valence-corrected chi connectivity index (χ0v) is 21.2. The number of para-hydroxylation sites is 2. The van der Waals surface area contributed by atoms with Gasteiger partial charge in [0.2, 0.25) is 0 Å². The zero-order chi connectivity index (χ0) is 25.3. The Labute approximate surface area is 224 Å². The summed E-state index contributed by atoms with van der Waals surface area (Å²) in [4.78, 5) is 2.39. The van der Waals surface area contributed by atoms with E-state index in [0.717, 1.165) is 18.6 Å². The van der Waals surface area contributed by atoms with Crippen molar-refractivity contribution in [1.29, 1.82) is 0 Å². The lowest BCUT2D eigenvalue weighted by atomic mass is 9.80. The van der Waals surface area contributed by atoms with E-state index in [1.807, 2.05) is 0 Å². The molecule has 4 aromatic carbocycles. The van der Waals surface area contributed by atoms with Crippen molar-refractivity contribution in [2.75, 3.05) is 4.90 Å². The third kappa shape index (κ3) is 4.09. The highest BCUT2D eigenvalue weighted by Gasteiger charge is 2.37. The molecule has 184 valence electrons. The average molecular weight is 492 g/mol. The summed E-state index contributed by atoms with van der Waals surface area (Å²) in [6.07, 6.45) is 13.4. The molecule has 3 aliphatic rings. The molecule has 0 fully saturated rings. The number of hydrogen-bond acceptors (Lipinski definition) is 2. The fourth-order valence-corrected chi connectivity index (χ4v) is 5.91. The predicted molar refractivity (Wildman–Crippen MR) is 157 cm³/mol. The molecule has 0 spiro atoms. The fraction of sp³-hybridized carbons (Fsp3) is 0.111. The lowest BCUT2D eigenvalue weighted by molar-refractivity contribution is 0.240. The van der Waals surface area contributed by atoms with Crippen LogP contribution in [0.5, 0.6) is 5.75 Å². The first-order valence-electron chi connectivity index (χ1n) is 13.4. The van der Waals surface area contributed by atoms with Gasteiger partial charge in [-0.15, -0.1) is 0 Å². The molecular formula is C36H29NO. The molecule has 4 aromatic rings. The Bertz CT molecular complexity index is 1580. The Balaban J connectivity index is 1.20. The highest BCUT2D eigenvalue weighted by molar-refractivity contribution is 5.80. The van der Waals surface area contributed by atoms with Crippen LogP contribution in [0.3, 0.4) is 0 Å². The second-order valence-electron chi connectivity index (χ2n) is 10.1. The minimum absolute atomic E-state index is 0.0642. The Morgan fingerprint density at radius 3 is 2.05 bits per heavy atom. The van der Waals surface area contributed by atoms with Crippen LogP contribution in [0, 0.1) is 5.92 Å². The van der Waals surface area contributed by atoms with Gasteiger partial charge in [0.15, 0.2) is 0 Å². The van der Waals surface area contributed by atoms with Crippen LogP contribution < -0.4 is 9.64 Å². The van der Waals surface area contributed by atoms with Crippen molar-refractivity contribution in [1.82, 2.24) is 0 Å². The van der Waals surface area contributed by atoms with Crippen LogP contribution in [-0.4, -0.2) is 6.10 Å². The summed E-state index contributed by atoms with van der Waals surface area (Å²) in [5, 5.41) is 0. The van der Waals surface area contributed by atoms with Gasteiger partial charge in [0.25, 0.3) is 0 Å². The monoisotopic (exact) mass is 491 g/mol. The maximum Gasteiger partial charge on any atom is 0.134 e. The first kappa shape index (κ1) is 22.6. The SMILES string of the molecule is C1=CC(C2=CC=C(N(c3ccccc3)c3ccc(-c4ccccc4)cc3)CC2)C2Oc3ccccc3C2=C1. The second-order valence-corrected chi connectivity index (χ2v) is 10.1. The molecule has 38 heavy (non-hydrogen) atoms. The molecule has 0 aromatic heterocycles. The van der Waals surface area contributed by atoms with Gasteiger partial charge in [-0.25, -0.2) is 0 Å². The quantitative estimate of drug-likeness (QED) is 0.276. The molecule has 1 aliphatic heterocycles. The number of anilines is 2. The molecule has 0 amide bonds. The van der Waals surface area contributed by atoms with Crippen molar-refractivity contribution in [2.45, 2.75) is 18.9 Å². The van der Waals surface area contributed by atoms with Gasteiger partial charge in [-0.1, -0.05) is 109 Å². The van der Waals surface area contributed by atoms with E-state index in [1.54, 1.807) is 0 Å². The third-order valence-electron chi connectivity index (χ3n) is 7.80. The van der Waals surface area contributed by atoms with Crippen molar-refractivity contribution in [3.63, 3.8) is 0 Å². The Hall–Kier alpha value is -4.56. The summed E-state index contributed by atoms with van der Waals surface area (Å²) in [5.74, 6) is 1.26. The van der Waals surface area contributed by atoms with Crippen molar-refractivity contribution in [3.05, 3.63) is 156 Å². The molecule has 2 unspecified atom stereocenters. The summed E-state index contributed by atoms with van der Waals surface area (Å²) in [6, 6.07) is 38.6. The molecule has 0 radical (unpaired) electrons. The molecule has 0 saturated heterocycles. The summed E-state index contributed by atoms with van der Waals surface area (Å²) < 4.78 is 6.45. The maximum atomic E-state index is 6.45. The van der Waals surface area contributed by atoms with Crippen LogP contribution in [0.25, 0.3) is 16.7 Å². The highest BCUT2D eigenvalue weighted by atomic mass is 16.5. The lowest BCUT2D eigenvalue weighted by Gasteiger charge is -2.32. The van der Waals surface area contributed by atoms with Crippen LogP contribution >= 0.6 is 0 Å². The van der Waals surface area contributed by atoms with Crippen molar-refractivity contribution in [2.24, 2.45) is 5.92 Å². The van der Waals surface area contributed by atoms with Gasteiger partial charge in [0.1, 0.15) is 11.9 Å². The maximum absolute atomic E-state index is 6.45. The number of nitrogens with zero attached hydrogens (tertiary/aromatic N) is 1. The van der Waals surface area contributed by atoms with Crippen molar-refractivity contribution >= 4 is 16.9 Å². The van der Waals surface area contributed by atoms with Crippen LogP contribution in [0.1, 0.15) is 18.4 Å². The Morgan fingerprint density at radius 1 is 0.605 bits per heavy atom. The Morgan fingerprint density at radius 2 is 1.29 bits per heavy atom. The van der Waals surface area contributed by atoms with Crippen LogP contribution in [0.15, 0.2) is 151 Å². The van der Waals surface area contributed by atoms with Crippen LogP contribution in [-0.2, 0) is 0 Å². The molecule has 2 heteroatoms. The van der Waals surface area contributed by atoms with Gasteiger partial charge < -0.3 is 9.64 Å². The molecule has 7 rings (SSSR count). The molecule has 2 atom stereocenters. The number of fused-ring (bicyclic) bond motifs is 3. The summed E-state index contributed by atoms with van der Waals surface area (Å²) in [5.41, 5.74) is 10.1. The van der Waals surface area contributed by atoms with E-state index in [2.05, 4.69) is 144 Å². The van der Waals surface area contributed by atoms with E-state index in [-0.39, 0.29) is 12.0 Å². The lowest BCUT2D eigenvalue weighted by Crippen LogP contribution is -2.27. The first-order valence-corrected chi connectivity index (χ1v) is 13.4. The number of hydrogen-bond donors (Lipinski definition) is 0. The molecule has 2 nitrogen and oxygen atoms in total. The standard InChI is InChI=1S/C36H29NO/c1-3-10-26(11-4-1)27-18-22-30(23-19-27)37(29-12-5-2-6-13-29)31-24-20-28(21-25-31)32-15-9-16-34-33-14-7-8-17-35(33)38-36(32)34/h1-20,22-24,32,36H,21,25H2. The summed E-state index contributed by atoms with van der Waals surface area (Å²) in [7, 11) is 0. The third-order valence-corrected chi connectivity index (χ3v) is 7.80. The molecule has 2 aliphatic carbocycles. The molecule has 1 heterocycles.